The summed E-state index contributed by atoms with van der Waals surface area (Å²) in [5.74, 6) is 0.765. The van der Waals surface area contributed by atoms with E-state index in [-0.39, 0.29) is 5.75 Å². The Bertz CT molecular complexity index is 597. The number of ether oxygens (including phenoxy) is 3. The van der Waals surface area contributed by atoms with Gasteiger partial charge in [-0.3, -0.25) is 0 Å². The van der Waals surface area contributed by atoms with E-state index in [9.17, 15) is 13.2 Å². The van der Waals surface area contributed by atoms with Crippen LogP contribution in [0.3, 0.4) is 0 Å². The lowest BCUT2D eigenvalue weighted by atomic mass is 10.2. The molecule has 1 fully saturated rings. The molecule has 3 rings (SSSR count). The number of rotatable bonds is 3. The van der Waals surface area contributed by atoms with Gasteiger partial charge in [0, 0.05) is 5.56 Å². The molecule has 0 unspecified atom stereocenters. The molecule has 1 aromatic carbocycles. The maximum atomic E-state index is 12.1. The minimum absolute atomic E-state index is 0.277. The predicted octanol–water partition coefficient (Wildman–Crippen LogP) is 3.89. The molecule has 1 aliphatic rings. The summed E-state index contributed by atoms with van der Waals surface area (Å²) in [5.41, 5.74) is 0.633. The minimum atomic E-state index is -4.70. The number of furan rings is 1. The van der Waals surface area contributed by atoms with Crippen molar-refractivity contribution in [1.82, 2.24) is 0 Å². The first-order valence-corrected chi connectivity index (χ1v) is 6.20. The van der Waals surface area contributed by atoms with Crippen molar-refractivity contribution in [3.05, 3.63) is 42.2 Å². The van der Waals surface area contributed by atoms with Crippen molar-refractivity contribution >= 4 is 0 Å². The van der Waals surface area contributed by atoms with Crippen LogP contribution in [-0.4, -0.2) is 19.6 Å². The highest BCUT2D eigenvalue weighted by Crippen LogP contribution is 2.31. The molecule has 0 bridgehead atoms. The first kappa shape index (κ1) is 14.0. The van der Waals surface area contributed by atoms with Crippen LogP contribution in [0.15, 0.2) is 40.8 Å². The third-order valence-corrected chi connectivity index (χ3v) is 2.85. The largest absolute Gasteiger partial charge is 0.573 e. The summed E-state index contributed by atoms with van der Waals surface area (Å²) in [6.07, 6.45) is -5.22. The Morgan fingerprint density at radius 2 is 1.62 bits per heavy atom. The Morgan fingerprint density at radius 3 is 2.24 bits per heavy atom. The highest BCUT2D eigenvalue weighted by atomic mass is 19.4. The van der Waals surface area contributed by atoms with E-state index < -0.39 is 12.7 Å². The van der Waals surface area contributed by atoms with Gasteiger partial charge in [0.25, 0.3) is 0 Å². The highest BCUT2D eigenvalue weighted by Gasteiger charge is 2.31. The van der Waals surface area contributed by atoms with Crippen LogP contribution in [0.25, 0.3) is 11.3 Å². The van der Waals surface area contributed by atoms with Crippen LogP contribution in [0, 0.1) is 0 Å². The Hall–Kier alpha value is -1.99. The SMILES string of the molecule is FC(F)(F)Oc1ccc(-c2ccc(C3OCCO3)o2)cc1. The third-order valence-electron chi connectivity index (χ3n) is 2.85. The Morgan fingerprint density at radius 1 is 0.952 bits per heavy atom. The maximum Gasteiger partial charge on any atom is 0.573 e. The van der Waals surface area contributed by atoms with Crippen molar-refractivity contribution in [1.29, 1.82) is 0 Å². The molecule has 4 nitrogen and oxygen atoms in total. The topological polar surface area (TPSA) is 40.8 Å². The zero-order chi connectivity index (χ0) is 14.9. The van der Waals surface area contributed by atoms with E-state index in [1.54, 1.807) is 12.1 Å². The van der Waals surface area contributed by atoms with Crippen LogP contribution in [-0.2, 0) is 9.47 Å². The van der Waals surface area contributed by atoms with E-state index in [1.807, 2.05) is 0 Å². The molecule has 7 heteroatoms. The van der Waals surface area contributed by atoms with Crippen LogP contribution < -0.4 is 4.74 Å². The third kappa shape index (κ3) is 3.37. The lowest BCUT2D eigenvalue weighted by Gasteiger charge is -2.08. The van der Waals surface area contributed by atoms with E-state index in [1.165, 1.54) is 24.3 Å². The highest BCUT2D eigenvalue weighted by molar-refractivity contribution is 5.58. The number of hydrogen-bond donors (Lipinski definition) is 0. The average molecular weight is 300 g/mol. The Labute approximate surface area is 118 Å². The molecule has 1 aromatic heterocycles. The van der Waals surface area contributed by atoms with Gasteiger partial charge in [0.15, 0.2) is 5.76 Å². The second-order valence-corrected chi connectivity index (χ2v) is 4.35. The summed E-state index contributed by atoms with van der Waals surface area (Å²) >= 11 is 0. The molecule has 1 saturated heterocycles. The number of benzene rings is 1. The maximum absolute atomic E-state index is 12.1. The van der Waals surface area contributed by atoms with Crippen molar-refractivity contribution in [3.8, 4) is 17.1 Å². The lowest BCUT2D eigenvalue weighted by Crippen LogP contribution is -2.16. The van der Waals surface area contributed by atoms with Gasteiger partial charge in [0.1, 0.15) is 11.5 Å². The molecule has 0 spiro atoms. The second kappa shape index (κ2) is 5.42. The smallest absolute Gasteiger partial charge is 0.456 e. The molecule has 21 heavy (non-hydrogen) atoms. The zero-order valence-electron chi connectivity index (χ0n) is 10.7. The van der Waals surface area contributed by atoms with Crippen molar-refractivity contribution in [2.24, 2.45) is 0 Å². The summed E-state index contributed by atoms with van der Waals surface area (Å²) in [6.45, 7) is 1.01. The van der Waals surface area contributed by atoms with Gasteiger partial charge in [-0.2, -0.15) is 0 Å². The van der Waals surface area contributed by atoms with E-state index in [2.05, 4.69) is 4.74 Å². The molecule has 0 saturated carbocycles. The van der Waals surface area contributed by atoms with Crippen molar-refractivity contribution < 1.29 is 31.8 Å². The molecule has 0 N–H and O–H groups in total. The van der Waals surface area contributed by atoms with Crippen LogP contribution in [0.1, 0.15) is 12.1 Å². The molecule has 0 aliphatic carbocycles. The van der Waals surface area contributed by atoms with Gasteiger partial charge in [-0.05, 0) is 36.4 Å². The molecule has 0 atom stereocenters. The van der Waals surface area contributed by atoms with Crippen LogP contribution in [0.2, 0.25) is 0 Å². The van der Waals surface area contributed by atoms with Gasteiger partial charge in [0.2, 0.25) is 6.29 Å². The number of alkyl halides is 3. The van der Waals surface area contributed by atoms with Crippen molar-refractivity contribution in [2.75, 3.05) is 13.2 Å². The quantitative estimate of drug-likeness (QED) is 0.862. The first-order chi connectivity index (χ1) is 10.0. The van der Waals surface area contributed by atoms with Crippen molar-refractivity contribution in [2.45, 2.75) is 12.7 Å². The van der Waals surface area contributed by atoms with Gasteiger partial charge in [-0.25, -0.2) is 0 Å². The van der Waals surface area contributed by atoms with Gasteiger partial charge in [-0.1, -0.05) is 0 Å². The average Bonchev–Trinajstić information content (AvgIpc) is 3.09. The summed E-state index contributed by atoms with van der Waals surface area (Å²) in [6, 6.07) is 8.85. The summed E-state index contributed by atoms with van der Waals surface area (Å²) in [4.78, 5) is 0. The van der Waals surface area contributed by atoms with Gasteiger partial charge in [0.05, 0.1) is 13.2 Å². The van der Waals surface area contributed by atoms with E-state index in [4.69, 9.17) is 13.9 Å². The van der Waals surface area contributed by atoms with Crippen LogP contribution >= 0.6 is 0 Å². The normalized spacial score (nSPS) is 16.3. The van der Waals surface area contributed by atoms with Crippen LogP contribution in [0.5, 0.6) is 5.75 Å². The zero-order valence-corrected chi connectivity index (χ0v) is 10.7. The minimum Gasteiger partial charge on any atom is -0.456 e. The van der Waals surface area contributed by atoms with Crippen molar-refractivity contribution in [3.63, 3.8) is 0 Å². The monoisotopic (exact) mass is 300 g/mol. The fourth-order valence-corrected chi connectivity index (χ4v) is 1.98. The molecule has 0 radical (unpaired) electrons. The molecule has 112 valence electrons. The fourth-order valence-electron chi connectivity index (χ4n) is 1.98. The molecule has 0 amide bonds. The van der Waals surface area contributed by atoms with Crippen LogP contribution in [0.4, 0.5) is 13.2 Å². The standard InChI is InChI=1S/C14H11F3O4/c15-14(16,17)21-10-3-1-9(2-4-10)11-5-6-12(20-11)13-18-7-8-19-13/h1-6,13H,7-8H2. The first-order valence-electron chi connectivity index (χ1n) is 6.20. The summed E-state index contributed by atoms with van der Waals surface area (Å²) in [5, 5.41) is 0. The Balaban J connectivity index is 1.74. The summed E-state index contributed by atoms with van der Waals surface area (Å²) in [7, 11) is 0. The van der Waals surface area contributed by atoms with E-state index in [0.29, 0.717) is 30.3 Å². The Kier molecular flexibility index (Phi) is 3.60. The van der Waals surface area contributed by atoms with Gasteiger partial charge < -0.3 is 18.6 Å². The fraction of sp³-hybridized carbons (Fsp3) is 0.286. The molecular formula is C14H11F3O4. The summed E-state index contributed by atoms with van der Waals surface area (Å²) < 4.78 is 56.2. The van der Waals surface area contributed by atoms with E-state index >= 15 is 0 Å². The molecule has 1 aliphatic heterocycles. The van der Waals surface area contributed by atoms with Gasteiger partial charge in [-0.15, -0.1) is 13.2 Å². The molecular weight excluding hydrogens is 289 g/mol. The molecule has 2 aromatic rings. The predicted molar refractivity (Wildman–Crippen MR) is 65.5 cm³/mol. The van der Waals surface area contributed by atoms with Gasteiger partial charge >= 0.3 is 6.36 Å². The number of hydrogen-bond acceptors (Lipinski definition) is 4. The lowest BCUT2D eigenvalue weighted by molar-refractivity contribution is -0.274. The molecule has 2 heterocycles. The van der Waals surface area contributed by atoms with E-state index in [0.717, 1.165) is 0 Å². The second-order valence-electron chi connectivity index (χ2n) is 4.35. The number of halogens is 3.